The van der Waals surface area contributed by atoms with E-state index in [1.165, 1.54) is 11.8 Å². The summed E-state index contributed by atoms with van der Waals surface area (Å²) >= 11 is 2.12. The van der Waals surface area contributed by atoms with E-state index in [4.69, 9.17) is 0 Å². The van der Waals surface area contributed by atoms with Gasteiger partial charge in [-0.3, -0.25) is 4.79 Å². The molecule has 6 nitrogen and oxygen atoms in total. The number of nitrogens with zero attached hydrogens (tertiary/aromatic N) is 4. The number of hydrogen-bond acceptors (Lipinski definition) is 6. The Morgan fingerprint density at radius 1 is 1.33 bits per heavy atom. The second-order valence-corrected chi connectivity index (χ2v) is 8.02. The predicted molar refractivity (Wildman–Crippen MR) is 96.5 cm³/mol. The molecule has 1 aliphatic carbocycles. The number of anilines is 1. The molecule has 1 aromatic carbocycles. The van der Waals surface area contributed by atoms with Gasteiger partial charge in [-0.15, -0.1) is 10.2 Å². The molecule has 2 aromatic heterocycles. The van der Waals surface area contributed by atoms with E-state index in [0.29, 0.717) is 11.1 Å². The second-order valence-electron chi connectivity index (χ2n) is 6.05. The van der Waals surface area contributed by atoms with Crippen molar-refractivity contribution >= 4 is 44.4 Å². The Kier molecular flexibility index (Phi) is 4.81. The van der Waals surface area contributed by atoms with Crippen molar-refractivity contribution in [2.75, 3.05) is 11.1 Å². The van der Waals surface area contributed by atoms with E-state index in [1.54, 1.807) is 0 Å². The lowest BCUT2D eigenvalue weighted by atomic mass is 10.3. The van der Waals surface area contributed by atoms with Crippen LogP contribution in [-0.4, -0.2) is 31.4 Å². The zero-order valence-electron chi connectivity index (χ0n) is 14.1. The highest BCUT2D eigenvalue weighted by Crippen LogP contribution is 2.40. The van der Waals surface area contributed by atoms with Gasteiger partial charge in [0.2, 0.25) is 5.91 Å². The lowest BCUT2D eigenvalue weighted by Gasteiger charge is -2.06. The number of aromatic nitrogens is 4. The molecule has 0 aliphatic heterocycles. The largest absolute Gasteiger partial charge is 0.306 e. The summed E-state index contributed by atoms with van der Waals surface area (Å²) in [5.74, 6) is -3.14. The fraction of sp³-hybridized carbons (Fsp3) is 0.375. The maximum absolute atomic E-state index is 13.7. The van der Waals surface area contributed by atoms with Crippen LogP contribution >= 0.6 is 23.1 Å². The molecule has 0 unspecified atom stereocenters. The quantitative estimate of drug-likeness (QED) is 0.490. The molecule has 0 spiro atoms. The molecule has 2 heterocycles. The van der Waals surface area contributed by atoms with Crippen LogP contribution in [0.4, 0.5) is 18.3 Å². The van der Waals surface area contributed by atoms with Crippen molar-refractivity contribution in [3.8, 4) is 0 Å². The lowest BCUT2D eigenvalue weighted by molar-refractivity contribution is -0.113. The minimum Gasteiger partial charge on any atom is -0.306 e. The Balaban J connectivity index is 1.44. The summed E-state index contributed by atoms with van der Waals surface area (Å²) in [4.78, 5) is 16.0. The number of fused-ring (bicyclic) bond motifs is 1. The van der Waals surface area contributed by atoms with Gasteiger partial charge in [-0.2, -0.15) is 0 Å². The van der Waals surface area contributed by atoms with E-state index in [1.807, 2.05) is 11.5 Å². The minimum absolute atomic E-state index is 0.0595. The standard InChI is InChI=1S/C16H14F3N5OS2/c1-2-24-14(7-3-4-7)22-23-16(24)26-6-10(25)20-15-21-13-9(27-15)5-8(17)11(18)12(13)19/h5,7H,2-4,6H2,1H3,(H,20,21,25). The Bertz CT molecular complexity index is 1030. The molecule has 1 N–H and O–H groups in total. The van der Waals surface area contributed by atoms with Gasteiger partial charge >= 0.3 is 0 Å². The molecule has 1 amide bonds. The summed E-state index contributed by atoms with van der Waals surface area (Å²) in [5, 5.41) is 11.6. The van der Waals surface area contributed by atoms with Crippen molar-refractivity contribution in [2.24, 2.45) is 0 Å². The van der Waals surface area contributed by atoms with Gasteiger partial charge in [-0.1, -0.05) is 23.1 Å². The number of benzene rings is 1. The Labute approximate surface area is 160 Å². The first kappa shape index (κ1) is 18.2. The lowest BCUT2D eigenvalue weighted by Crippen LogP contribution is -2.14. The van der Waals surface area contributed by atoms with Crippen LogP contribution in [-0.2, 0) is 11.3 Å². The third kappa shape index (κ3) is 3.53. The summed E-state index contributed by atoms with van der Waals surface area (Å²) in [6.45, 7) is 2.71. The summed E-state index contributed by atoms with van der Waals surface area (Å²) in [5.41, 5.74) is -0.304. The molecule has 27 heavy (non-hydrogen) atoms. The molecule has 3 aromatic rings. The maximum Gasteiger partial charge on any atom is 0.236 e. The van der Waals surface area contributed by atoms with Crippen LogP contribution in [0.2, 0.25) is 0 Å². The average Bonchev–Trinajstić information content (AvgIpc) is 3.28. The molecule has 11 heteroatoms. The van der Waals surface area contributed by atoms with Crippen molar-refractivity contribution < 1.29 is 18.0 Å². The highest BCUT2D eigenvalue weighted by Gasteiger charge is 2.30. The molecular formula is C16H14F3N5OS2. The average molecular weight is 413 g/mol. The van der Waals surface area contributed by atoms with Crippen LogP contribution in [0.1, 0.15) is 31.5 Å². The third-order valence-corrected chi connectivity index (χ3v) is 5.99. The Hall–Kier alpha value is -2.14. The number of thiazole rings is 1. The molecule has 1 saturated carbocycles. The van der Waals surface area contributed by atoms with Gasteiger partial charge in [0, 0.05) is 12.5 Å². The normalized spacial score (nSPS) is 14.1. The SMILES string of the molecule is CCn1c(SCC(=O)Nc2nc3c(F)c(F)c(F)cc3s2)nnc1C1CC1. The van der Waals surface area contributed by atoms with Crippen molar-refractivity contribution in [3.05, 3.63) is 29.3 Å². The molecule has 142 valence electrons. The fourth-order valence-corrected chi connectivity index (χ4v) is 4.37. The third-order valence-electron chi connectivity index (χ3n) is 4.10. The van der Waals surface area contributed by atoms with Crippen LogP contribution in [0.3, 0.4) is 0 Å². The number of halogens is 3. The van der Waals surface area contributed by atoms with E-state index < -0.39 is 17.5 Å². The molecule has 4 rings (SSSR count). The summed E-state index contributed by atoms with van der Waals surface area (Å²) in [7, 11) is 0. The first-order valence-corrected chi connectivity index (χ1v) is 10.1. The number of nitrogens with one attached hydrogen (secondary N) is 1. The first-order valence-electron chi connectivity index (χ1n) is 8.27. The molecule has 0 atom stereocenters. The summed E-state index contributed by atoms with van der Waals surface area (Å²) in [6, 6.07) is 0.860. The van der Waals surface area contributed by atoms with E-state index >= 15 is 0 Å². The molecule has 1 fully saturated rings. The van der Waals surface area contributed by atoms with Gasteiger partial charge in [-0.05, 0) is 25.8 Å². The topological polar surface area (TPSA) is 72.7 Å². The number of amides is 1. The summed E-state index contributed by atoms with van der Waals surface area (Å²) in [6.07, 6.45) is 2.22. The van der Waals surface area contributed by atoms with E-state index in [-0.39, 0.29) is 27.0 Å². The van der Waals surface area contributed by atoms with Gasteiger partial charge in [0.15, 0.2) is 27.7 Å². The van der Waals surface area contributed by atoms with Crippen LogP contribution < -0.4 is 5.32 Å². The second kappa shape index (κ2) is 7.12. The van der Waals surface area contributed by atoms with E-state index in [2.05, 4.69) is 20.5 Å². The number of hydrogen-bond donors (Lipinski definition) is 1. The number of rotatable bonds is 6. The van der Waals surface area contributed by atoms with Crippen molar-refractivity contribution in [1.29, 1.82) is 0 Å². The smallest absolute Gasteiger partial charge is 0.236 e. The molecule has 1 aliphatic rings. The number of carbonyl (C=O) groups is 1. The van der Waals surface area contributed by atoms with Crippen LogP contribution in [0.5, 0.6) is 0 Å². The molecule has 0 radical (unpaired) electrons. The van der Waals surface area contributed by atoms with Crippen LogP contribution in [0, 0.1) is 17.5 Å². The van der Waals surface area contributed by atoms with E-state index in [9.17, 15) is 18.0 Å². The van der Waals surface area contributed by atoms with Crippen molar-refractivity contribution in [2.45, 2.75) is 37.4 Å². The van der Waals surface area contributed by atoms with Gasteiger partial charge < -0.3 is 9.88 Å². The fourth-order valence-electron chi connectivity index (χ4n) is 2.66. The highest BCUT2D eigenvalue weighted by molar-refractivity contribution is 7.99. The summed E-state index contributed by atoms with van der Waals surface area (Å²) < 4.78 is 42.4. The van der Waals surface area contributed by atoms with Gasteiger partial charge in [0.05, 0.1) is 10.5 Å². The number of carbonyl (C=O) groups excluding carboxylic acids is 1. The maximum atomic E-state index is 13.7. The highest BCUT2D eigenvalue weighted by atomic mass is 32.2. The molecule has 0 bridgehead atoms. The molecular weight excluding hydrogens is 399 g/mol. The van der Waals surface area contributed by atoms with Gasteiger partial charge in [-0.25, -0.2) is 18.2 Å². The minimum atomic E-state index is -1.58. The predicted octanol–water partition coefficient (Wildman–Crippen LogP) is 3.93. The van der Waals surface area contributed by atoms with Crippen molar-refractivity contribution in [3.63, 3.8) is 0 Å². The van der Waals surface area contributed by atoms with Gasteiger partial charge in [0.1, 0.15) is 11.3 Å². The van der Waals surface area contributed by atoms with E-state index in [0.717, 1.165) is 42.6 Å². The first-order chi connectivity index (χ1) is 13.0. The van der Waals surface area contributed by atoms with Crippen LogP contribution in [0.15, 0.2) is 11.2 Å². The molecule has 0 saturated heterocycles. The Morgan fingerprint density at radius 2 is 2.11 bits per heavy atom. The Morgan fingerprint density at radius 3 is 2.81 bits per heavy atom. The zero-order chi connectivity index (χ0) is 19.1. The van der Waals surface area contributed by atoms with Gasteiger partial charge in [0.25, 0.3) is 0 Å². The zero-order valence-corrected chi connectivity index (χ0v) is 15.8. The number of thioether (sulfide) groups is 1. The monoisotopic (exact) mass is 413 g/mol. The van der Waals surface area contributed by atoms with Crippen molar-refractivity contribution in [1.82, 2.24) is 19.7 Å². The van der Waals surface area contributed by atoms with Crippen LogP contribution in [0.25, 0.3) is 10.2 Å².